The third-order valence-electron chi connectivity index (χ3n) is 0.294. The normalized spacial score (nSPS) is 10.1. The number of rotatable bonds is 2. The fourth-order valence-corrected chi connectivity index (χ4v) is 0.323. The summed E-state index contributed by atoms with van der Waals surface area (Å²) >= 11 is 4.72. The van der Waals surface area contributed by atoms with E-state index in [4.69, 9.17) is 11.8 Å². The SMILES string of the molecule is NC(=O)ON(Cl)[SH](=O)=O. The van der Waals surface area contributed by atoms with E-state index in [2.05, 4.69) is 10.6 Å². The molecule has 0 saturated heterocycles. The van der Waals surface area contributed by atoms with Crippen molar-refractivity contribution in [3.63, 3.8) is 0 Å². The van der Waals surface area contributed by atoms with Gasteiger partial charge in [-0.05, 0) is 0 Å². The Morgan fingerprint density at radius 3 is 2.22 bits per heavy atom. The van der Waals surface area contributed by atoms with Gasteiger partial charge in [-0.25, -0.2) is 13.2 Å². The van der Waals surface area contributed by atoms with E-state index in [0.29, 0.717) is 0 Å². The lowest BCUT2D eigenvalue weighted by atomic mass is 11.3. The number of halogens is 1. The van der Waals surface area contributed by atoms with Crippen molar-refractivity contribution in [2.45, 2.75) is 0 Å². The summed E-state index contributed by atoms with van der Waals surface area (Å²) in [6.45, 7) is 0. The molecule has 9 heavy (non-hydrogen) atoms. The number of hydrogen-bond donors (Lipinski definition) is 2. The van der Waals surface area contributed by atoms with Crippen molar-refractivity contribution in [2.75, 3.05) is 0 Å². The van der Waals surface area contributed by atoms with Gasteiger partial charge in [0.2, 0.25) is 10.9 Å². The molecule has 1 amide bonds. The Kier molecular flexibility index (Phi) is 3.28. The summed E-state index contributed by atoms with van der Waals surface area (Å²) < 4.78 is 19.3. The van der Waals surface area contributed by atoms with Gasteiger partial charge < -0.3 is 10.6 Å². The lowest BCUT2D eigenvalue weighted by Crippen LogP contribution is -2.21. The highest BCUT2D eigenvalue weighted by Gasteiger charge is 2.05. The lowest BCUT2D eigenvalue weighted by Gasteiger charge is -1.99. The number of nitrogens with zero attached hydrogens (tertiary/aromatic N) is 1. The Morgan fingerprint density at radius 2 is 2.11 bits per heavy atom. The van der Waals surface area contributed by atoms with Crippen LogP contribution in [0.1, 0.15) is 0 Å². The quantitative estimate of drug-likeness (QED) is 0.319. The van der Waals surface area contributed by atoms with Gasteiger partial charge in [0.05, 0.1) is 3.99 Å². The van der Waals surface area contributed by atoms with Gasteiger partial charge in [0, 0.05) is 11.8 Å². The second kappa shape index (κ2) is 3.49. The summed E-state index contributed by atoms with van der Waals surface area (Å²) in [6.07, 6.45) is -1.29. The van der Waals surface area contributed by atoms with Crippen LogP contribution in [0, 0.1) is 0 Å². The van der Waals surface area contributed by atoms with Crippen molar-refractivity contribution in [1.29, 1.82) is 0 Å². The van der Waals surface area contributed by atoms with Crippen LogP contribution >= 0.6 is 11.8 Å². The van der Waals surface area contributed by atoms with Crippen molar-refractivity contribution in [1.82, 2.24) is 3.99 Å². The molecule has 0 spiro atoms. The van der Waals surface area contributed by atoms with Crippen LogP contribution in [0.25, 0.3) is 0 Å². The van der Waals surface area contributed by atoms with Crippen LogP contribution < -0.4 is 5.73 Å². The van der Waals surface area contributed by atoms with E-state index in [0.717, 1.165) is 0 Å². The molecule has 0 unspecified atom stereocenters. The van der Waals surface area contributed by atoms with Gasteiger partial charge in [0.25, 0.3) is 0 Å². The molecule has 0 aromatic heterocycles. The molecule has 0 aliphatic rings. The van der Waals surface area contributed by atoms with Gasteiger partial charge in [-0.3, -0.25) is 0 Å². The molecule has 2 N–H and O–H groups in total. The molecule has 0 rings (SSSR count). The average molecular weight is 175 g/mol. The molecule has 0 fully saturated rings. The molecule has 8 heteroatoms. The maximum atomic E-state index is 9.73. The number of nitrogens with two attached hydrogens (primary N) is 1. The van der Waals surface area contributed by atoms with Crippen LogP contribution in [-0.4, -0.2) is 18.5 Å². The summed E-state index contributed by atoms with van der Waals surface area (Å²) in [4.78, 5) is 13.4. The summed E-state index contributed by atoms with van der Waals surface area (Å²) in [6, 6.07) is 0. The van der Waals surface area contributed by atoms with E-state index in [1.54, 1.807) is 0 Å². The Bertz CT molecular complexity index is 169. The van der Waals surface area contributed by atoms with Crippen molar-refractivity contribution >= 4 is 28.8 Å². The van der Waals surface area contributed by atoms with Gasteiger partial charge in [0.1, 0.15) is 0 Å². The number of carbonyl (C=O) groups excluding carboxylic acids is 1. The van der Waals surface area contributed by atoms with E-state index < -0.39 is 17.0 Å². The first-order chi connectivity index (χ1) is 4.04. The predicted octanol–water partition coefficient (Wildman–Crippen LogP) is -1.02. The molecule has 0 saturated carbocycles. The third-order valence-corrected chi connectivity index (χ3v) is 1.07. The van der Waals surface area contributed by atoms with Crippen molar-refractivity contribution in [2.24, 2.45) is 5.73 Å². The smallest absolute Gasteiger partial charge is 0.333 e. The molecule has 0 aliphatic carbocycles. The maximum absolute atomic E-state index is 9.73. The number of carbonyl (C=O) groups is 1. The van der Waals surface area contributed by atoms with Crippen LogP contribution in [0.15, 0.2) is 0 Å². The van der Waals surface area contributed by atoms with E-state index in [1.807, 2.05) is 0 Å². The highest BCUT2D eigenvalue weighted by atomic mass is 35.5. The largest absolute Gasteiger partial charge is 0.425 e. The summed E-state index contributed by atoms with van der Waals surface area (Å²) in [5.74, 6) is 0. The van der Waals surface area contributed by atoms with E-state index in [1.165, 1.54) is 0 Å². The first-order valence-electron chi connectivity index (χ1n) is 1.61. The molecule has 0 radical (unpaired) electrons. The van der Waals surface area contributed by atoms with Crippen LogP contribution in [-0.2, 0) is 15.7 Å². The fourth-order valence-electron chi connectivity index (χ4n) is 0.108. The Balaban J connectivity index is 3.78. The molecule has 0 aliphatic heterocycles. The van der Waals surface area contributed by atoms with Crippen molar-refractivity contribution in [3.05, 3.63) is 0 Å². The van der Waals surface area contributed by atoms with Crippen LogP contribution in [0.5, 0.6) is 0 Å². The van der Waals surface area contributed by atoms with Gasteiger partial charge in [-0.15, -0.1) is 0 Å². The molecule has 6 nitrogen and oxygen atoms in total. The Morgan fingerprint density at radius 1 is 1.67 bits per heavy atom. The fraction of sp³-hybridized carbons (Fsp3) is 0. The van der Waals surface area contributed by atoms with Crippen LogP contribution in [0.3, 0.4) is 0 Å². The highest BCUT2D eigenvalue weighted by Crippen LogP contribution is 1.93. The van der Waals surface area contributed by atoms with E-state index >= 15 is 0 Å². The van der Waals surface area contributed by atoms with Gasteiger partial charge >= 0.3 is 6.09 Å². The first-order valence-corrected chi connectivity index (χ1v) is 3.08. The third kappa shape index (κ3) is 4.01. The minimum atomic E-state index is -3.12. The number of amides is 1. The lowest BCUT2D eigenvalue weighted by molar-refractivity contribution is 0.0574. The van der Waals surface area contributed by atoms with Gasteiger partial charge in [-0.2, -0.15) is 0 Å². The van der Waals surface area contributed by atoms with E-state index in [9.17, 15) is 13.2 Å². The molecule has 54 valence electrons. The summed E-state index contributed by atoms with van der Waals surface area (Å²) in [7, 11) is -3.12. The van der Waals surface area contributed by atoms with Crippen LogP contribution in [0.4, 0.5) is 4.79 Å². The minimum absolute atomic E-state index is 0.183. The van der Waals surface area contributed by atoms with Gasteiger partial charge in [0.15, 0.2) is 0 Å². The Labute approximate surface area is 57.3 Å². The van der Waals surface area contributed by atoms with E-state index in [-0.39, 0.29) is 3.99 Å². The zero-order chi connectivity index (χ0) is 7.44. The molecule has 0 aromatic carbocycles. The molecule has 0 heterocycles. The van der Waals surface area contributed by atoms with Crippen LogP contribution in [0.2, 0.25) is 0 Å². The summed E-state index contributed by atoms with van der Waals surface area (Å²) in [5.41, 5.74) is 4.38. The topological polar surface area (TPSA) is 89.7 Å². The molecule has 0 bridgehead atoms. The molecule has 0 aromatic rings. The summed E-state index contributed by atoms with van der Waals surface area (Å²) in [5, 5.41) is 0. The second-order valence-corrected chi connectivity index (χ2v) is 2.26. The zero-order valence-corrected chi connectivity index (χ0v) is 5.63. The number of hydrogen-bond acceptors (Lipinski definition) is 4. The van der Waals surface area contributed by atoms with Crippen molar-refractivity contribution < 1.29 is 18.0 Å². The average Bonchev–Trinajstić information content (AvgIpc) is 1.63. The number of thiol groups is 1. The molecular formula is CH3ClN2O4S. The zero-order valence-electron chi connectivity index (χ0n) is 3.98. The first kappa shape index (κ1) is 8.47. The predicted molar refractivity (Wildman–Crippen MR) is 28.7 cm³/mol. The maximum Gasteiger partial charge on any atom is 0.425 e. The molecular weight excluding hydrogens is 172 g/mol. The van der Waals surface area contributed by atoms with Crippen molar-refractivity contribution in [3.8, 4) is 0 Å². The highest BCUT2D eigenvalue weighted by molar-refractivity contribution is 7.70. The van der Waals surface area contributed by atoms with Gasteiger partial charge in [-0.1, -0.05) is 0 Å². The standard InChI is InChI=1S/CH3ClN2O4S/c2-4(9(6)7)8-1(3)5/h9H,(H2,3,5). The monoisotopic (exact) mass is 174 g/mol. The number of primary amides is 1. The second-order valence-electron chi connectivity index (χ2n) is 0.874. The minimum Gasteiger partial charge on any atom is -0.333 e. The molecule has 0 atom stereocenters. The Hall–Kier alpha value is -0.530.